The molecule has 4 rings (SSSR count). The molecule has 0 heterocycles. The van der Waals surface area contributed by atoms with Crippen LogP contribution in [0.3, 0.4) is 0 Å². The molecule has 3 aliphatic carbocycles. The first kappa shape index (κ1) is 30.1. The van der Waals surface area contributed by atoms with Gasteiger partial charge in [0.25, 0.3) is 0 Å². The van der Waals surface area contributed by atoms with Crippen LogP contribution in [0, 0.1) is 47.1 Å². The van der Waals surface area contributed by atoms with Crippen LogP contribution in [0.2, 0.25) is 0 Å². The van der Waals surface area contributed by atoms with Crippen molar-refractivity contribution in [1.29, 1.82) is 0 Å². The topological polar surface area (TPSA) is 35.5 Å². The van der Waals surface area contributed by atoms with E-state index in [0.717, 1.165) is 37.0 Å². The van der Waals surface area contributed by atoms with E-state index in [1.54, 1.807) is 12.2 Å². The molecule has 0 aliphatic heterocycles. The number of esters is 1. The third-order valence-electron chi connectivity index (χ3n) is 10.1. The van der Waals surface area contributed by atoms with Crippen LogP contribution < -0.4 is 9.47 Å². The van der Waals surface area contributed by atoms with Crippen molar-refractivity contribution in [3.05, 3.63) is 35.9 Å². The van der Waals surface area contributed by atoms with Crippen LogP contribution in [-0.2, 0) is 4.79 Å². The van der Waals surface area contributed by atoms with E-state index in [1.807, 2.05) is 6.92 Å². The second kappa shape index (κ2) is 15.2. The smallest absolute Gasteiger partial charge is 0.314 e. The lowest BCUT2D eigenvalue weighted by molar-refractivity contribution is -0.144. The molecule has 0 N–H and O–H groups in total. The van der Waals surface area contributed by atoms with Gasteiger partial charge in [0.2, 0.25) is 11.6 Å². The van der Waals surface area contributed by atoms with Gasteiger partial charge in [-0.3, -0.25) is 4.79 Å². The molecule has 0 aromatic heterocycles. The van der Waals surface area contributed by atoms with E-state index in [-0.39, 0.29) is 24.0 Å². The van der Waals surface area contributed by atoms with Gasteiger partial charge in [0.1, 0.15) is 6.61 Å². The number of benzene rings is 1. The van der Waals surface area contributed by atoms with Gasteiger partial charge < -0.3 is 9.47 Å². The molecule has 3 nitrogen and oxygen atoms in total. The molecule has 0 radical (unpaired) electrons. The van der Waals surface area contributed by atoms with Crippen LogP contribution in [-0.4, -0.2) is 12.6 Å². The maximum atomic E-state index is 14.7. The summed E-state index contributed by atoms with van der Waals surface area (Å²) in [5, 5.41) is 0. The van der Waals surface area contributed by atoms with Crippen molar-refractivity contribution in [3.8, 4) is 11.5 Å². The average molecular weight is 545 g/mol. The second-order valence-electron chi connectivity index (χ2n) is 12.5. The molecule has 3 saturated carbocycles. The summed E-state index contributed by atoms with van der Waals surface area (Å²) in [6.45, 7) is 4.26. The maximum absolute atomic E-state index is 14.7. The normalized spacial score (nSPS) is 29.2. The first-order valence-electron chi connectivity index (χ1n) is 15.9. The van der Waals surface area contributed by atoms with Crippen LogP contribution in [0.1, 0.15) is 117 Å². The highest BCUT2D eigenvalue weighted by atomic mass is 19.2. The minimum atomic E-state index is -1.16. The summed E-state index contributed by atoms with van der Waals surface area (Å²) in [6, 6.07) is 2.64. The van der Waals surface area contributed by atoms with Crippen molar-refractivity contribution in [2.24, 2.45) is 35.5 Å². The van der Waals surface area contributed by atoms with Crippen LogP contribution in [0.5, 0.6) is 11.5 Å². The Kier molecular flexibility index (Phi) is 11.7. The lowest BCUT2D eigenvalue weighted by Crippen LogP contribution is -2.40. The Morgan fingerprint density at radius 1 is 0.872 bits per heavy atom. The molecule has 0 spiro atoms. The number of allylic oxidation sites excluding steroid dienone is 1. The quantitative estimate of drug-likeness (QED) is 0.114. The molecule has 4 unspecified atom stereocenters. The van der Waals surface area contributed by atoms with Crippen LogP contribution in [0.15, 0.2) is 24.3 Å². The zero-order valence-electron chi connectivity index (χ0n) is 24.3. The fourth-order valence-electron chi connectivity index (χ4n) is 7.83. The highest BCUT2D eigenvalue weighted by molar-refractivity contribution is 5.75. The van der Waals surface area contributed by atoms with Gasteiger partial charge in [-0.05, 0) is 87.2 Å². The molecule has 39 heavy (non-hydrogen) atoms. The molecule has 1 aromatic rings. The number of ether oxygens (including phenoxy) is 2. The van der Waals surface area contributed by atoms with E-state index in [2.05, 4.69) is 6.92 Å². The first-order chi connectivity index (χ1) is 19.0. The van der Waals surface area contributed by atoms with Crippen LogP contribution >= 0.6 is 0 Å². The van der Waals surface area contributed by atoms with Crippen molar-refractivity contribution >= 4 is 5.97 Å². The molecule has 0 amide bonds. The molecule has 0 saturated heterocycles. The van der Waals surface area contributed by atoms with E-state index < -0.39 is 17.6 Å². The molecular weight excluding hydrogens is 494 g/mol. The van der Waals surface area contributed by atoms with Gasteiger partial charge in [-0.15, -0.1) is 0 Å². The number of carbonyl (C=O) groups is 1. The van der Waals surface area contributed by atoms with E-state index in [0.29, 0.717) is 11.8 Å². The minimum absolute atomic E-state index is 0.151. The average Bonchev–Trinajstić information content (AvgIpc) is 2.96. The number of hydrogen-bond acceptors (Lipinski definition) is 3. The molecule has 0 bridgehead atoms. The summed E-state index contributed by atoms with van der Waals surface area (Å²) in [7, 11) is 0. The van der Waals surface area contributed by atoms with Crippen molar-refractivity contribution in [3.63, 3.8) is 0 Å². The Labute approximate surface area is 235 Å². The molecule has 5 heteroatoms. The molecule has 1 aromatic carbocycles. The van der Waals surface area contributed by atoms with Gasteiger partial charge >= 0.3 is 5.97 Å². The summed E-state index contributed by atoms with van der Waals surface area (Å²) in [5.74, 6) is 0.0158. The summed E-state index contributed by atoms with van der Waals surface area (Å²) < 4.78 is 39.9. The Hall–Kier alpha value is -1.91. The lowest BCUT2D eigenvalue weighted by Gasteiger charge is -2.46. The van der Waals surface area contributed by atoms with Gasteiger partial charge in [-0.2, -0.15) is 8.78 Å². The zero-order chi connectivity index (χ0) is 27.6. The summed E-state index contributed by atoms with van der Waals surface area (Å²) >= 11 is 0. The van der Waals surface area contributed by atoms with Crippen molar-refractivity contribution in [2.75, 3.05) is 6.61 Å². The van der Waals surface area contributed by atoms with Gasteiger partial charge in [-0.25, -0.2) is 0 Å². The summed E-state index contributed by atoms with van der Waals surface area (Å²) in [6.07, 6.45) is 23.8. The van der Waals surface area contributed by atoms with Crippen molar-refractivity contribution in [2.45, 2.75) is 117 Å². The highest BCUT2D eigenvalue weighted by Gasteiger charge is 2.43. The van der Waals surface area contributed by atoms with Crippen LogP contribution in [0.4, 0.5) is 8.78 Å². The summed E-state index contributed by atoms with van der Waals surface area (Å²) in [5.41, 5.74) is 0. The third-order valence-corrected chi connectivity index (χ3v) is 10.1. The molecular formula is C34H50F2O3. The monoisotopic (exact) mass is 544 g/mol. The van der Waals surface area contributed by atoms with E-state index in [4.69, 9.17) is 9.47 Å². The minimum Gasteiger partial charge on any atom is -0.486 e. The van der Waals surface area contributed by atoms with Crippen LogP contribution in [0.25, 0.3) is 0 Å². The van der Waals surface area contributed by atoms with E-state index in [9.17, 15) is 13.6 Å². The Balaban J connectivity index is 1.26. The number of hydrogen-bond donors (Lipinski definition) is 0. The van der Waals surface area contributed by atoms with Gasteiger partial charge in [0, 0.05) is 0 Å². The second-order valence-corrected chi connectivity index (χ2v) is 12.5. The predicted octanol–water partition coefficient (Wildman–Crippen LogP) is 9.82. The number of rotatable bonds is 12. The highest BCUT2D eigenvalue weighted by Crippen LogP contribution is 2.50. The van der Waals surface area contributed by atoms with Gasteiger partial charge in [-0.1, -0.05) is 83.3 Å². The number of halogens is 2. The van der Waals surface area contributed by atoms with Gasteiger partial charge in [0.15, 0.2) is 11.5 Å². The zero-order valence-corrected chi connectivity index (χ0v) is 24.3. The Morgan fingerprint density at radius 3 is 2.36 bits per heavy atom. The largest absolute Gasteiger partial charge is 0.486 e. The SMILES string of the molecule is C/C=C/COc1ccc(OC(=O)C2CCCC3CC(C4CCC(CCCCCCC)CC4)CCC32)c(F)c1F. The summed E-state index contributed by atoms with van der Waals surface area (Å²) in [4.78, 5) is 13.2. The maximum Gasteiger partial charge on any atom is 0.314 e. The molecule has 218 valence electrons. The van der Waals surface area contributed by atoms with Crippen molar-refractivity contribution < 1.29 is 23.0 Å². The molecule has 3 fully saturated rings. The lowest BCUT2D eigenvalue weighted by atomic mass is 9.59. The van der Waals surface area contributed by atoms with E-state index in [1.165, 1.54) is 95.6 Å². The number of fused-ring (bicyclic) bond motifs is 1. The fourth-order valence-corrected chi connectivity index (χ4v) is 7.83. The molecule has 3 aliphatic rings. The van der Waals surface area contributed by atoms with Gasteiger partial charge in [0.05, 0.1) is 5.92 Å². The third kappa shape index (κ3) is 8.07. The molecule has 4 atom stereocenters. The first-order valence-corrected chi connectivity index (χ1v) is 15.9. The Morgan fingerprint density at radius 2 is 1.59 bits per heavy atom. The number of unbranched alkanes of at least 4 members (excludes halogenated alkanes) is 4. The fraction of sp³-hybridized carbons (Fsp3) is 0.735. The Bertz CT molecular complexity index is 937. The standard InChI is InChI=1S/C34H50F2O3/c1-3-5-7-8-9-11-24-14-16-25(17-15-24)26-18-19-28-27(23-26)12-10-13-29(28)34(37)39-31-21-20-30(32(35)33(31)36)38-22-6-4-2/h4,6,20-21,24-29H,3,5,7-19,22-23H2,1-2H3/b6-4+. The predicted molar refractivity (Wildman–Crippen MR) is 153 cm³/mol. The van der Waals surface area contributed by atoms with E-state index >= 15 is 0 Å². The van der Waals surface area contributed by atoms with Crippen molar-refractivity contribution in [1.82, 2.24) is 0 Å². The number of carbonyl (C=O) groups excluding carboxylic acids is 1.